The van der Waals surface area contributed by atoms with E-state index in [0.717, 1.165) is 11.3 Å². The van der Waals surface area contributed by atoms with Crippen LogP contribution in [0.5, 0.6) is 0 Å². The third kappa shape index (κ3) is 3.64. The lowest BCUT2D eigenvalue weighted by molar-refractivity contribution is -0.149. The molecule has 2 heterocycles. The van der Waals surface area contributed by atoms with E-state index in [2.05, 4.69) is 0 Å². The van der Waals surface area contributed by atoms with Crippen molar-refractivity contribution in [3.8, 4) is 0 Å². The smallest absolute Gasteiger partial charge is 0.310 e. The van der Waals surface area contributed by atoms with Crippen molar-refractivity contribution in [3.05, 3.63) is 17.0 Å². The van der Waals surface area contributed by atoms with Crippen LogP contribution in [-0.2, 0) is 26.0 Å². The first-order valence-electron chi connectivity index (χ1n) is 7.24. The van der Waals surface area contributed by atoms with E-state index in [1.54, 1.807) is 13.0 Å². The molecular weight excluding hydrogens is 310 g/mol. The van der Waals surface area contributed by atoms with Crippen molar-refractivity contribution in [2.45, 2.75) is 37.3 Å². The molecule has 1 saturated heterocycles. The van der Waals surface area contributed by atoms with Crippen LogP contribution in [0.4, 0.5) is 0 Å². The maximum absolute atomic E-state index is 12.6. The predicted octanol–water partition coefficient (Wildman–Crippen LogP) is 2.27. The summed E-state index contributed by atoms with van der Waals surface area (Å²) in [6, 6.07) is 3.51. The Balaban J connectivity index is 2.14. The fraction of sp³-hybridized carbons (Fsp3) is 0.643. The molecule has 0 aliphatic carbocycles. The molecule has 0 aromatic carbocycles. The molecule has 0 spiro atoms. The summed E-state index contributed by atoms with van der Waals surface area (Å²) >= 11 is 1.31. The molecule has 0 bridgehead atoms. The Kier molecular flexibility index (Phi) is 5.40. The van der Waals surface area contributed by atoms with Crippen molar-refractivity contribution in [3.63, 3.8) is 0 Å². The standard InChI is InChI=1S/C14H21NO4S2/c1-3-12-7-8-13(20-12)21(17,18)15-9-5-6-11(10-15)14(16)19-4-2/h7-8,11H,3-6,9-10H2,1-2H3/t11-/m0/s1. The van der Waals surface area contributed by atoms with Gasteiger partial charge in [-0.25, -0.2) is 8.42 Å². The lowest BCUT2D eigenvalue weighted by atomic mass is 10.0. The predicted molar refractivity (Wildman–Crippen MR) is 81.8 cm³/mol. The minimum atomic E-state index is -3.49. The summed E-state index contributed by atoms with van der Waals surface area (Å²) in [5.41, 5.74) is 0. The van der Waals surface area contributed by atoms with Crippen LogP contribution in [0.1, 0.15) is 31.6 Å². The van der Waals surface area contributed by atoms with Gasteiger partial charge >= 0.3 is 5.97 Å². The minimum Gasteiger partial charge on any atom is -0.466 e. The molecule has 1 aliphatic rings. The fourth-order valence-electron chi connectivity index (χ4n) is 2.43. The number of aryl methyl sites for hydroxylation is 1. The second-order valence-corrected chi connectivity index (χ2v) is 8.36. The number of piperidine rings is 1. The first kappa shape index (κ1) is 16.5. The average Bonchev–Trinajstić information content (AvgIpc) is 2.97. The Bertz CT molecular complexity index is 594. The monoisotopic (exact) mass is 331 g/mol. The average molecular weight is 331 g/mol. The molecule has 0 unspecified atom stereocenters. The highest BCUT2D eigenvalue weighted by molar-refractivity contribution is 7.91. The normalized spacial score (nSPS) is 20.4. The van der Waals surface area contributed by atoms with E-state index in [0.29, 0.717) is 30.2 Å². The Morgan fingerprint density at radius 2 is 2.19 bits per heavy atom. The zero-order valence-corrected chi connectivity index (χ0v) is 14.0. The van der Waals surface area contributed by atoms with Crippen LogP contribution in [0.25, 0.3) is 0 Å². The number of esters is 1. The van der Waals surface area contributed by atoms with Gasteiger partial charge in [0.15, 0.2) is 0 Å². The first-order valence-corrected chi connectivity index (χ1v) is 9.50. The van der Waals surface area contributed by atoms with Crippen LogP contribution in [0.3, 0.4) is 0 Å². The summed E-state index contributed by atoms with van der Waals surface area (Å²) in [5, 5.41) is 0. The van der Waals surface area contributed by atoms with Crippen LogP contribution in [0, 0.1) is 5.92 Å². The van der Waals surface area contributed by atoms with E-state index in [1.807, 2.05) is 13.0 Å². The molecule has 0 radical (unpaired) electrons. The number of ether oxygens (including phenoxy) is 1. The molecule has 0 amide bonds. The van der Waals surface area contributed by atoms with Crippen molar-refractivity contribution in [1.29, 1.82) is 0 Å². The second kappa shape index (κ2) is 6.89. The summed E-state index contributed by atoms with van der Waals surface area (Å²) in [4.78, 5) is 12.9. The fourth-order valence-corrected chi connectivity index (χ4v) is 5.40. The summed E-state index contributed by atoms with van der Waals surface area (Å²) in [5.74, 6) is -0.642. The second-order valence-electron chi connectivity index (χ2n) is 5.03. The van der Waals surface area contributed by atoms with Gasteiger partial charge in [-0.3, -0.25) is 4.79 Å². The quantitative estimate of drug-likeness (QED) is 0.777. The van der Waals surface area contributed by atoms with Gasteiger partial charge in [0.05, 0.1) is 12.5 Å². The van der Waals surface area contributed by atoms with E-state index in [4.69, 9.17) is 4.74 Å². The molecule has 0 saturated carbocycles. The van der Waals surface area contributed by atoms with E-state index < -0.39 is 10.0 Å². The van der Waals surface area contributed by atoms with Gasteiger partial charge in [-0.1, -0.05) is 6.92 Å². The molecule has 1 atom stereocenters. The number of hydrogen-bond acceptors (Lipinski definition) is 5. The minimum absolute atomic E-state index is 0.223. The van der Waals surface area contributed by atoms with Crippen LogP contribution in [0.15, 0.2) is 16.3 Å². The van der Waals surface area contributed by atoms with Crippen LogP contribution >= 0.6 is 11.3 Å². The zero-order valence-electron chi connectivity index (χ0n) is 12.4. The molecular formula is C14H21NO4S2. The SMILES string of the molecule is CCOC(=O)[C@H]1CCCN(S(=O)(=O)c2ccc(CC)s2)C1. The van der Waals surface area contributed by atoms with Gasteiger partial charge in [0.2, 0.25) is 0 Å². The van der Waals surface area contributed by atoms with Crippen molar-refractivity contribution in [2.24, 2.45) is 5.92 Å². The number of carbonyl (C=O) groups excluding carboxylic acids is 1. The van der Waals surface area contributed by atoms with E-state index in [-0.39, 0.29) is 18.4 Å². The topological polar surface area (TPSA) is 63.7 Å². The van der Waals surface area contributed by atoms with E-state index >= 15 is 0 Å². The number of nitrogens with zero attached hydrogens (tertiary/aromatic N) is 1. The zero-order chi connectivity index (χ0) is 15.5. The molecule has 0 N–H and O–H groups in total. The van der Waals surface area contributed by atoms with Crippen LogP contribution < -0.4 is 0 Å². The van der Waals surface area contributed by atoms with E-state index in [9.17, 15) is 13.2 Å². The molecule has 7 heteroatoms. The number of thiophene rings is 1. The molecule has 1 aromatic heterocycles. The van der Waals surface area contributed by atoms with Gasteiger partial charge in [-0.2, -0.15) is 4.31 Å². The lowest BCUT2D eigenvalue weighted by Gasteiger charge is -2.30. The highest BCUT2D eigenvalue weighted by atomic mass is 32.2. The lowest BCUT2D eigenvalue weighted by Crippen LogP contribution is -2.42. The number of carbonyl (C=O) groups is 1. The van der Waals surface area contributed by atoms with Gasteiger partial charge in [-0.15, -0.1) is 11.3 Å². The maximum Gasteiger partial charge on any atom is 0.310 e. The molecule has 1 fully saturated rings. The summed E-state index contributed by atoms with van der Waals surface area (Å²) in [6.45, 7) is 4.78. The van der Waals surface area contributed by atoms with Crippen LogP contribution in [0.2, 0.25) is 0 Å². The van der Waals surface area contributed by atoms with Crippen molar-refractivity contribution in [1.82, 2.24) is 4.31 Å². The molecule has 2 rings (SSSR count). The molecule has 21 heavy (non-hydrogen) atoms. The third-order valence-electron chi connectivity index (χ3n) is 3.58. The third-order valence-corrected chi connectivity index (χ3v) is 7.15. The largest absolute Gasteiger partial charge is 0.466 e. The van der Waals surface area contributed by atoms with Crippen molar-refractivity contribution >= 4 is 27.3 Å². The van der Waals surface area contributed by atoms with Gasteiger partial charge in [0, 0.05) is 18.0 Å². The summed E-state index contributed by atoms with van der Waals surface area (Å²) in [7, 11) is -3.49. The van der Waals surface area contributed by atoms with Gasteiger partial charge in [0.1, 0.15) is 4.21 Å². The maximum atomic E-state index is 12.6. The molecule has 118 valence electrons. The highest BCUT2D eigenvalue weighted by Gasteiger charge is 2.34. The summed E-state index contributed by atoms with van der Waals surface area (Å²) < 4.78 is 32.0. The first-order chi connectivity index (χ1) is 9.98. The molecule has 1 aliphatic heterocycles. The van der Waals surface area contributed by atoms with Crippen LogP contribution in [-0.4, -0.2) is 38.4 Å². The highest BCUT2D eigenvalue weighted by Crippen LogP contribution is 2.29. The van der Waals surface area contributed by atoms with Gasteiger partial charge in [-0.05, 0) is 38.3 Å². The summed E-state index contributed by atoms with van der Waals surface area (Å²) in [6.07, 6.45) is 2.20. The Morgan fingerprint density at radius 1 is 1.43 bits per heavy atom. The Labute approximate surface area is 130 Å². The Morgan fingerprint density at radius 3 is 2.81 bits per heavy atom. The number of hydrogen-bond donors (Lipinski definition) is 0. The van der Waals surface area contributed by atoms with E-state index in [1.165, 1.54) is 15.6 Å². The van der Waals surface area contributed by atoms with Gasteiger partial charge in [0.25, 0.3) is 10.0 Å². The molecule has 1 aromatic rings. The van der Waals surface area contributed by atoms with Crippen molar-refractivity contribution < 1.29 is 17.9 Å². The number of sulfonamides is 1. The van der Waals surface area contributed by atoms with Gasteiger partial charge < -0.3 is 4.74 Å². The Hall–Kier alpha value is -0.920. The molecule has 5 nitrogen and oxygen atoms in total. The van der Waals surface area contributed by atoms with Crippen molar-refractivity contribution in [2.75, 3.05) is 19.7 Å². The number of rotatable bonds is 5.